The van der Waals surface area contributed by atoms with Gasteiger partial charge in [-0.25, -0.2) is 0 Å². The van der Waals surface area contributed by atoms with E-state index in [0.717, 1.165) is 29.9 Å². The zero-order valence-electron chi connectivity index (χ0n) is 11.5. The number of rotatable bonds is 6. The number of hydrogen-bond acceptors (Lipinski definition) is 2. The van der Waals surface area contributed by atoms with Gasteiger partial charge in [-0.3, -0.25) is 0 Å². The van der Waals surface area contributed by atoms with E-state index < -0.39 is 0 Å². The van der Waals surface area contributed by atoms with Crippen molar-refractivity contribution in [3.05, 3.63) is 29.3 Å². The van der Waals surface area contributed by atoms with E-state index in [2.05, 4.69) is 18.8 Å². The summed E-state index contributed by atoms with van der Waals surface area (Å²) in [5.74, 6) is 6.85. The first-order chi connectivity index (χ1) is 8.77. The standard InChI is InChI=1S/C16H23NO/c1-3-4-5-6-12-18-16-10-9-15(8-7-11-17)14(2)13-16/h9-10,13H,3-6,11-12,17H2,1-2H3. The lowest BCUT2D eigenvalue weighted by molar-refractivity contribution is 0.305. The highest BCUT2D eigenvalue weighted by atomic mass is 16.5. The van der Waals surface area contributed by atoms with E-state index in [1.165, 1.54) is 19.3 Å². The summed E-state index contributed by atoms with van der Waals surface area (Å²) in [7, 11) is 0. The van der Waals surface area contributed by atoms with Crippen molar-refractivity contribution >= 4 is 0 Å². The Morgan fingerprint density at radius 2 is 2.06 bits per heavy atom. The Bertz CT molecular complexity index is 415. The topological polar surface area (TPSA) is 35.2 Å². The first kappa shape index (κ1) is 14.6. The minimum Gasteiger partial charge on any atom is -0.494 e. The summed E-state index contributed by atoms with van der Waals surface area (Å²) in [6.07, 6.45) is 4.92. The highest BCUT2D eigenvalue weighted by Gasteiger charge is 1.98. The molecule has 1 aromatic rings. The van der Waals surface area contributed by atoms with Crippen LogP contribution in [0.1, 0.15) is 43.7 Å². The third-order valence-corrected chi connectivity index (χ3v) is 2.79. The van der Waals surface area contributed by atoms with E-state index in [-0.39, 0.29) is 0 Å². The fourth-order valence-electron chi connectivity index (χ4n) is 1.73. The largest absolute Gasteiger partial charge is 0.494 e. The summed E-state index contributed by atoms with van der Waals surface area (Å²) < 4.78 is 5.72. The molecule has 0 bridgehead atoms. The maximum absolute atomic E-state index is 5.72. The molecule has 2 nitrogen and oxygen atoms in total. The molecule has 0 aliphatic rings. The molecule has 0 radical (unpaired) electrons. The molecule has 0 saturated heterocycles. The molecule has 0 spiro atoms. The van der Waals surface area contributed by atoms with Crippen LogP contribution in [0.15, 0.2) is 18.2 Å². The summed E-state index contributed by atoms with van der Waals surface area (Å²) in [4.78, 5) is 0. The molecule has 0 unspecified atom stereocenters. The second-order valence-corrected chi connectivity index (χ2v) is 4.39. The SMILES string of the molecule is CCCCCCOc1ccc(C#CCN)c(C)c1. The van der Waals surface area contributed by atoms with E-state index >= 15 is 0 Å². The number of nitrogens with two attached hydrogens (primary N) is 1. The molecular formula is C16H23NO. The normalized spacial score (nSPS) is 9.72. The minimum absolute atomic E-state index is 0.398. The first-order valence-electron chi connectivity index (χ1n) is 6.70. The quantitative estimate of drug-likeness (QED) is 0.616. The van der Waals surface area contributed by atoms with Crippen LogP contribution in [0.3, 0.4) is 0 Å². The van der Waals surface area contributed by atoms with Gasteiger partial charge in [0.05, 0.1) is 13.2 Å². The van der Waals surface area contributed by atoms with Crippen molar-refractivity contribution in [3.63, 3.8) is 0 Å². The lowest BCUT2D eigenvalue weighted by Gasteiger charge is -2.07. The van der Waals surface area contributed by atoms with Crippen molar-refractivity contribution in [2.75, 3.05) is 13.2 Å². The number of aryl methyl sites for hydroxylation is 1. The maximum atomic E-state index is 5.72. The monoisotopic (exact) mass is 245 g/mol. The zero-order valence-corrected chi connectivity index (χ0v) is 11.5. The average Bonchev–Trinajstić information content (AvgIpc) is 2.37. The molecule has 1 rings (SSSR count). The van der Waals surface area contributed by atoms with Crippen LogP contribution in [-0.2, 0) is 0 Å². The van der Waals surface area contributed by atoms with E-state index in [0.29, 0.717) is 6.54 Å². The van der Waals surface area contributed by atoms with Gasteiger partial charge in [0.25, 0.3) is 0 Å². The van der Waals surface area contributed by atoms with Crippen LogP contribution in [0, 0.1) is 18.8 Å². The Morgan fingerprint density at radius 1 is 1.22 bits per heavy atom. The van der Waals surface area contributed by atoms with Gasteiger partial charge in [-0.15, -0.1) is 0 Å². The van der Waals surface area contributed by atoms with Crippen molar-refractivity contribution in [2.45, 2.75) is 39.5 Å². The molecule has 2 N–H and O–H groups in total. The lowest BCUT2D eigenvalue weighted by Crippen LogP contribution is -1.98. The van der Waals surface area contributed by atoms with Crippen molar-refractivity contribution < 1.29 is 4.74 Å². The molecule has 0 heterocycles. The van der Waals surface area contributed by atoms with Gasteiger partial charge in [0.15, 0.2) is 0 Å². The Balaban J connectivity index is 2.46. The number of unbranched alkanes of at least 4 members (excludes halogenated alkanes) is 3. The summed E-state index contributed by atoms with van der Waals surface area (Å²) in [6.45, 7) is 5.46. The average molecular weight is 245 g/mol. The van der Waals surface area contributed by atoms with Gasteiger partial charge in [-0.2, -0.15) is 0 Å². The number of hydrogen-bond donors (Lipinski definition) is 1. The van der Waals surface area contributed by atoms with Crippen molar-refractivity contribution in [1.29, 1.82) is 0 Å². The second-order valence-electron chi connectivity index (χ2n) is 4.39. The third-order valence-electron chi connectivity index (χ3n) is 2.79. The zero-order chi connectivity index (χ0) is 13.2. The maximum Gasteiger partial charge on any atom is 0.119 e. The molecule has 98 valence electrons. The van der Waals surface area contributed by atoms with Crippen molar-refractivity contribution in [2.24, 2.45) is 5.73 Å². The molecule has 0 atom stereocenters. The van der Waals surface area contributed by atoms with E-state index in [1.54, 1.807) is 0 Å². The Hall–Kier alpha value is -1.46. The molecular weight excluding hydrogens is 222 g/mol. The Morgan fingerprint density at radius 3 is 2.72 bits per heavy atom. The van der Waals surface area contributed by atoms with Gasteiger partial charge in [-0.1, -0.05) is 38.0 Å². The molecule has 0 fully saturated rings. The Kier molecular flexibility index (Phi) is 6.98. The Labute approximate surface area is 111 Å². The van der Waals surface area contributed by atoms with Gasteiger partial charge >= 0.3 is 0 Å². The molecule has 18 heavy (non-hydrogen) atoms. The molecule has 2 heteroatoms. The molecule has 0 aliphatic carbocycles. The molecule has 0 amide bonds. The molecule has 0 aliphatic heterocycles. The summed E-state index contributed by atoms with van der Waals surface area (Å²) in [5, 5.41) is 0. The predicted molar refractivity (Wildman–Crippen MR) is 76.7 cm³/mol. The van der Waals surface area contributed by atoms with Gasteiger partial charge in [0.2, 0.25) is 0 Å². The fraction of sp³-hybridized carbons (Fsp3) is 0.500. The molecule has 1 aromatic carbocycles. The fourth-order valence-corrected chi connectivity index (χ4v) is 1.73. The van der Waals surface area contributed by atoms with Crippen LogP contribution in [0.25, 0.3) is 0 Å². The van der Waals surface area contributed by atoms with Crippen LogP contribution in [0.2, 0.25) is 0 Å². The van der Waals surface area contributed by atoms with Gasteiger partial charge < -0.3 is 10.5 Å². The van der Waals surface area contributed by atoms with Crippen LogP contribution >= 0.6 is 0 Å². The third kappa shape index (κ3) is 5.25. The van der Waals surface area contributed by atoms with Crippen LogP contribution in [0.5, 0.6) is 5.75 Å². The predicted octanol–water partition coefficient (Wildman–Crippen LogP) is 3.26. The van der Waals surface area contributed by atoms with Crippen LogP contribution < -0.4 is 10.5 Å². The van der Waals surface area contributed by atoms with E-state index in [9.17, 15) is 0 Å². The summed E-state index contributed by atoms with van der Waals surface area (Å²) >= 11 is 0. The van der Waals surface area contributed by atoms with E-state index in [1.807, 2.05) is 25.1 Å². The van der Waals surface area contributed by atoms with Gasteiger partial charge in [0.1, 0.15) is 5.75 Å². The summed E-state index contributed by atoms with van der Waals surface area (Å²) in [6, 6.07) is 6.02. The van der Waals surface area contributed by atoms with Gasteiger partial charge in [-0.05, 0) is 37.1 Å². The number of benzene rings is 1. The van der Waals surface area contributed by atoms with E-state index in [4.69, 9.17) is 10.5 Å². The minimum atomic E-state index is 0.398. The van der Waals surface area contributed by atoms with Crippen LogP contribution in [-0.4, -0.2) is 13.2 Å². The van der Waals surface area contributed by atoms with Crippen molar-refractivity contribution in [3.8, 4) is 17.6 Å². The lowest BCUT2D eigenvalue weighted by atomic mass is 10.1. The molecule has 0 saturated carbocycles. The van der Waals surface area contributed by atoms with Gasteiger partial charge in [0, 0.05) is 5.56 Å². The number of ether oxygens (including phenoxy) is 1. The van der Waals surface area contributed by atoms with Crippen molar-refractivity contribution in [1.82, 2.24) is 0 Å². The first-order valence-corrected chi connectivity index (χ1v) is 6.70. The summed E-state index contributed by atoms with van der Waals surface area (Å²) in [5.41, 5.74) is 7.53. The highest BCUT2D eigenvalue weighted by molar-refractivity contribution is 5.44. The van der Waals surface area contributed by atoms with Crippen LogP contribution in [0.4, 0.5) is 0 Å². The second kappa shape index (κ2) is 8.60. The molecule has 0 aromatic heterocycles. The highest BCUT2D eigenvalue weighted by Crippen LogP contribution is 2.17. The smallest absolute Gasteiger partial charge is 0.119 e.